The molecule has 0 bridgehead atoms. The molecule has 3 heterocycles. The number of carbonyl (C=O) groups is 1. The minimum atomic E-state index is 0.111. The van der Waals surface area contributed by atoms with E-state index in [0.29, 0.717) is 0 Å². The third kappa shape index (κ3) is 4.82. The molecule has 0 saturated carbocycles. The molecule has 0 N–H and O–H groups in total. The lowest BCUT2D eigenvalue weighted by Crippen LogP contribution is -2.49. The highest BCUT2D eigenvalue weighted by molar-refractivity contribution is 5.77. The summed E-state index contributed by atoms with van der Waals surface area (Å²) < 4.78 is 5.74. The standard InChI is InChI=1S/C22H33N3O2/c1-18-8-11-25(12-9-18)22(26)17-27-21-6-4-19(5-7-21)15-23-13-14-24-10-2-3-20(24)16-23/h4-7,18,20H,2-3,8-17H2,1H3/t20-/m1/s1. The summed E-state index contributed by atoms with van der Waals surface area (Å²) in [5.74, 6) is 1.64. The predicted octanol–water partition coefficient (Wildman–Crippen LogP) is 2.60. The molecule has 0 aliphatic carbocycles. The predicted molar refractivity (Wildman–Crippen MR) is 107 cm³/mol. The molecule has 27 heavy (non-hydrogen) atoms. The SMILES string of the molecule is CC1CCN(C(=O)COc2ccc(CN3CCN4CCC[C@@H]4C3)cc2)CC1. The zero-order valence-electron chi connectivity index (χ0n) is 16.6. The first-order valence-electron chi connectivity index (χ1n) is 10.6. The Morgan fingerprint density at radius 2 is 1.81 bits per heavy atom. The van der Waals surface area contributed by atoms with Crippen molar-refractivity contribution >= 4 is 5.91 Å². The highest BCUT2D eigenvalue weighted by Gasteiger charge is 2.30. The second-order valence-corrected chi connectivity index (χ2v) is 8.56. The Morgan fingerprint density at radius 1 is 1.04 bits per heavy atom. The number of fused-ring (bicyclic) bond motifs is 1. The molecule has 0 aromatic heterocycles. The average molecular weight is 372 g/mol. The van der Waals surface area contributed by atoms with Crippen LogP contribution in [0.5, 0.6) is 5.75 Å². The Labute approximate surface area is 163 Å². The van der Waals surface area contributed by atoms with Gasteiger partial charge in [0.05, 0.1) is 0 Å². The van der Waals surface area contributed by atoms with Gasteiger partial charge in [0, 0.05) is 45.3 Å². The summed E-state index contributed by atoms with van der Waals surface area (Å²) in [5.41, 5.74) is 1.32. The lowest BCUT2D eigenvalue weighted by molar-refractivity contribution is -0.134. The van der Waals surface area contributed by atoms with E-state index in [9.17, 15) is 4.79 Å². The zero-order chi connectivity index (χ0) is 18.6. The Hall–Kier alpha value is -1.59. The van der Waals surface area contributed by atoms with Gasteiger partial charge in [-0.1, -0.05) is 19.1 Å². The van der Waals surface area contributed by atoms with E-state index in [4.69, 9.17) is 4.74 Å². The lowest BCUT2D eigenvalue weighted by atomic mass is 9.99. The van der Waals surface area contributed by atoms with E-state index in [0.717, 1.165) is 56.7 Å². The third-order valence-electron chi connectivity index (χ3n) is 6.50. The van der Waals surface area contributed by atoms with Crippen molar-refractivity contribution in [2.24, 2.45) is 5.92 Å². The van der Waals surface area contributed by atoms with E-state index >= 15 is 0 Å². The van der Waals surface area contributed by atoms with E-state index < -0.39 is 0 Å². The van der Waals surface area contributed by atoms with Crippen LogP contribution in [0.4, 0.5) is 0 Å². The van der Waals surface area contributed by atoms with Crippen molar-refractivity contribution in [3.8, 4) is 5.75 Å². The molecule has 3 aliphatic rings. The number of piperidine rings is 1. The molecule has 1 aromatic rings. The molecule has 3 saturated heterocycles. The molecular formula is C22H33N3O2. The first kappa shape index (κ1) is 18.8. The maximum atomic E-state index is 12.3. The van der Waals surface area contributed by atoms with Crippen molar-refractivity contribution in [2.45, 2.75) is 45.2 Å². The highest BCUT2D eigenvalue weighted by Crippen LogP contribution is 2.23. The van der Waals surface area contributed by atoms with E-state index in [-0.39, 0.29) is 12.5 Å². The van der Waals surface area contributed by atoms with Gasteiger partial charge in [0.2, 0.25) is 0 Å². The Kier molecular flexibility index (Phi) is 5.98. The summed E-state index contributed by atoms with van der Waals surface area (Å²) in [6, 6.07) is 9.07. The Bertz CT molecular complexity index is 625. The summed E-state index contributed by atoms with van der Waals surface area (Å²) in [5, 5.41) is 0. The number of benzene rings is 1. The number of amides is 1. The Balaban J connectivity index is 1.22. The second kappa shape index (κ2) is 8.61. The molecule has 148 valence electrons. The number of piperazine rings is 1. The van der Waals surface area contributed by atoms with Crippen LogP contribution in [0.25, 0.3) is 0 Å². The molecule has 1 amide bonds. The molecule has 1 aromatic carbocycles. The third-order valence-corrected chi connectivity index (χ3v) is 6.50. The maximum absolute atomic E-state index is 12.3. The molecule has 4 rings (SSSR count). The monoisotopic (exact) mass is 371 g/mol. The van der Waals surface area contributed by atoms with Gasteiger partial charge in [-0.25, -0.2) is 0 Å². The van der Waals surface area contributed by atoms with E-state index in [1.54, 1.807) is 0 Å². The summed E-state index contributed by atoms with van der Waals surface area (Å²) in [6.45, 7) is 10.0. The number of likely N-dealkylation sites (tertiary alicyclic amines) is 1. The van der Waals surface area contributed by atoms with Crippen LogP contribution in [0.15, 0.2) is 24.3 Å². The average Bonchev–Trinajstić information content (AvgIpc) is 3.15. The van der Waals surface area contributed by atoms with Crippen LogP contribution in [0.1, 0.15) is 38.2 Å². The van der Waals surface area contributed by atoms with Crippen molar-refractivity contribution in [2.75, 3.05) is 45.9 Å². The fraction of sp³-hybridized carbons (Fsp3) is 0.682. The quantitative estimate of drug-likeness (QED) is 0.797. The number of ether oxygens (including phenoxy) is 1. The summed E-state index contributed by atoms with van der Waals surface area (Å²) in [4.78, 5) is 19.4. The van der Waals surface area contributed by atoms with E-state index in [2.05, 4.69) is 28.9 Å². The lowest BCUT2D eigenvalue weighted by Gasteiger charge is -2.37. The van der Waals surface area contributed by atoms with Crippen molar-refractivity contribution in [3.63, 3.8) is 0 Å². The Morgan fingerprint density at radius 3 is 2.59 bits per heavy atom. The van der Waals surface area contributed by atoms with Gasteiger partial charge in [-0.05, 0) is 55.8 Å². The van der Waals surface area contributed by atoms with Crippen LogP contribution in [-0.4, -0.2) is 72.5 Å². The van der Waals surface area contributed by atoms with E-state index in [1.807, 2.05) is 17.0 Å². The van der Waals surface area contributed by atoms with Crippen LogP contribution in [0.2, 0.25) is 0 Å². The zero-order valence-corrected chi connectivity index (χ0v) is 16.6. The number of carbonyl (C=O) groups excluding carboxylic acids is 1. The molecule has 0 spiro atoms. The van der Waals surface area contributed by atoms with Gasteiger partial charge in [0.25, 0.3) is 5.91 Å². The van der Waals surface area contributed by atoms with Gasteiger partial charge in [-0.3, -0.25) is 14.6 Å². The minimum Gasteiger partial charge on any atom is -0.484 e. The molecule has 0 unspecified atom stereocenters. The summed E-state index contributed by atoms with van der Waals surface area (Å²) >= 11 is 0. The van der Waals surface area contributed by atoms with Gasteiger partial charge in [-0.2, -0.15) is 0 Å². The van der Waals surface area contributed by atoms with Crippen LogP contribution >= 0.6 is 0 Å². The fourth-order valence-electron chi connectivity index (χ4n) is 4.64. The summed E-state index contributed by atoms with van der Waals surface area (Å²) in [6.07, 6.45) is 4.93. The largest absolute Gasteiger partial charge is 0.484 e. The van der Waals surface area contributed by atoms with Gasteiger partial charge >= 0.3 is 0 Å². The molecule has 3 fully saturated rings. The molecule has 0 radical (unpaired) electrons. The topological polar surface area (TPSA) is 36.0 Å². The maximum Gasteiger partial charge on any atom is 0.260 e. The van der Waals surface area contributed by atoms with Gasteiger partial charge in [-0.15, -0.1) is 0 Å². The molecule has 5 nitrogen and oxygen atoms in total. The van der Waals surface area contributed by atoms with Gasteiger partial charge in [0.15, 0.2) is 6.61 Å². The summed E-state index contributed by atoms with van der Waals surface area (Å²) in [7, 11) is 0. The molecular weight excluding hydrogens is 338 g/mol. The number of rotatable bonds is 5. The molecule has 5 heteroatoms. The van der Waals surface area contributed by atoms with Crippen molar-refractivity contribution < 1.29 is 9.53 Å². The van der Waals surface area contributed by atoms with Crippen LogP contribution in [-0.2, 0) is 11.3 Å². The number of hydrogen-bond acceptors (Lipinski definition) is 4. The van der Waals surface area contributed by atoms with Crippen molar-refractivity contribution in [1.29, 1.82) is 0 Å². The van der Waals surface area contributed by atoms with Crippen LogP contribution in [0, 0.1) is 5.92 Å². The smallest absolute Gasteiger partial charge is 0.260 e. The van der Waals surface area contributed by atoms with Crippen LogP contribution in [0.3, 0.4) is 0 Å². The van der Waals surface area contributed by atoms with Gasteiger partial charge in [0.1, 0.15) is 5.75 Å². The first-order valence-corrected chi connectivity index (χ1v) is 10.6. The highest BCUT2D eigenvalue weighted by atomic mass is 16.5. The second-order valence-electron chi connectivity index (χ2n) is 8.56. The van der Waals surface area contributed by atoms with E-state index in [1.165, 1.54) is 38.0 Å². The van der Waals surface area contributed by atoms with Crippen molar-refractivity contribution in [1.82, 2.24) is 14.7 Å². The first-order chi connectivity index (χ1) is 13.2. The van der Waals surface area contributed by atoms with Crippen molar-refractivity contribution in [3.05, 3.63) is 29.8 Å². The fourth-order valence-corrected chi connectivity index (χ4v) is 4.64. The van der Waals surface area contributed by atoms with Crippen LogP contribution < -0.4 is 4.74 Å². The number of nitrogens with zero attached hydrogens (tertiary/aromatic N) is 3. The molecule has 3 aliphatic heterocycles. The minimum absolute atomic E-state index is 0.111. The normalized spacial score (nSPS) is 24.8. The molecule has 1 atom stereocenters. The number of hydrogen-bond donors (Lipinski definition) is 0. The van der Waals surface area contributed by atoms with Gasteiger partial charge < -0.3 is 9.64 Å².